The van der Waals surface area contributed by atoms with Crippen molar-refractivity contribution >= 4 is 33.4 Å². The minimum Gasteiger partial charge on any atom is -0.350 e. The molecular formula is C17H21N5O2S. The van der Waals surface area contributed by atoms with E-state index in [1.807, 2.05) is 50.0 Å². The number of carbonyl (C=O) groups is 2. The zero-order valence-corrected chi connectivity index (χ0v) is 15.5. The van der Waals surface area contributed by atoms with Gasteiger partial charge in [-0.25, -0.2) is 0 Å². The van der Waals surface area contributed by atoms with Crippen LogP contribution in [0.5, 0.6) is 0 Å². The molecular weight excluding hydrogens is 338 g/mol. The highest BCUT2D eigenvalue weighted by atomic mass is 32.1. The second-order valence-corrected chi connectivity index (χ2v) is 6.94. The van der Waals surface area contributed by atoms with Gasteiger partial charge < -0.3 is 15.2 Å². The Morgan fingerprint density at radius 2 is 2.00 bits per heavy atom. The number of hydrogen-bond acceptors (Lipinski definition) is 4. The SMILES string of the molecule is Cc1nn(C)c(C)c1CNC(=O)CNC(=O)c1cc2sccc2n1C. The number of aryl methyl sites for hydroxylation is 3. The quantitative estimate of drug-likeness (QED) is 0.727. The standard InChI is InChI=1S/C17H21N5O2S/c1-10-12(11(2)22(4)20-10)8-18-16(23)9-19-17(24)14-7-15-13(21(14)3)5-6-25-15/h5-7H,8-9H2,1-4H3,(H,18,23)(H,19,24). The first-order chi connectivity index (χ1) is 11.9. The number of nitrogens with one attached hydrogen (secondary N) is 2. The van der Waals surface area contributed by atoms with E-state index in [-0.39, 0.29) is 18.4 Å². The smallest absolute Gasteiger partial charge is 0.268 e. The van der Waals surface area contributed by atoms with E-state index < -0.39 is 0 Å². The highest BCUT2D eigenvalue weighted by Gasteiger charge is 2.15. The van der Waals surface area contributed by atoms with Crippen LogP contribution in [0.1, 0.15) is 27.4 Å². The summed E-state index contributed by atoms with van der Waals surface area (Å²) in [4.78, 5) is 24.3. The van der Waals surface area contributed by atoms with Gasteiger partial charge in [0.05, 0.1) is 22.5 Å². The lowest BCUT2D eigenvalue weighted by Gasteiger charge is -2.08. The van der Waals surface area contributed by atoms with Crippen molar-refractivity contribution in [2.24, 2.45) is 14.1 Å². The Balaban J connectivity index is 1.56. The molecule has 3 aromatic heterocycles. The number of rotatable bonds is 5. The van der Waals surface area contributed by atoms with E-state index in [2.05, 4.69) is 15.7 Å². The number of amides is 2. The van der Waals surface area contributed by atoms with Crippen LogP contribution in [0.3, 0.4) is 0 Å². The van der Waals surface area contributed by atoms with Crippen LogP contribution < -0.4 is 10.6 Å². The molecule has 0 saturated carbocycles. The molecule has 0 aliphatic carbocycles. The Hall–Kier alpha value is -2.61. The minimum absolute atomic E-state index is 0.0595. The summed E-state index contributed by atoms with van der Waals surface area (Å²) in [5.41, 5.74) is 4.49. The fraction of sp³-hybridized carbons (Fsp3) is 0.353. The third-order valence-electron chi connectivity index (χ3n) is 4.43. The van der Waals surface area contributed by atoms with Crippen LogP contribution in [0.25, 0.3) is 10.2 Å². The summed E-state index contributed by atoms with van der Waals surface area (Å²) in [5, 5.41) is 11.8. The van der Waals surface area contributed by atoms with Gasteiger partial charge in [-0.15, -0.1) is 11.3 Å². The summed E-state index contributed by atoms with van der Waals surface area (Å²) in [7, 11) is 3.72. The van der Waals surface area contributed by atoms with Gasteiger partial charge in [0.15, 0.2) is 0 Å². The number of thiophene rings is 1. The lowest BCUT2D eigenvalue weighted by molar-refractivity contribution is -0.120. The Morgan fingerprint density at radius 3 is 2.64 bits per heavy atom. The topological polar surface area (TPSA) is 81.0 Å². The second kappa shape index (κ2) is 6.72. The van der Waals surface area contributed by atoms with Crippen LogP contribution in [-0.4, -0.2) is 32.7 Å². The molecule has 2 N–H and O–H groups in total. The predicted molar refractivity (Wildman–Crippen MR) is 97.7 cm³/mol. The molecule has 0 aliphatic rings. The lowest BCUT2D eigenvalue weighted by Crippen LogP contribution is -2.37. The number of carbonyl (C=O) groups excluding carboxylic acids is 2. The number of aromatic nitrogens is 3. The fourth-order valence-electron chi connectivity index (χ4n) is 2.84. The van der Waals surface area contributed by atoms with Crippen molar-refractivity contribution in [2.45, 2.75) is 20.4 Å². The molecule has 8 heteroatoms. The van der Waals surface area contributed by atoms with Crippen LogP contribution in [0.4, 0.5) is 0 Å². The van der Waals surface area contributed by atoms with Crippen molar-refractivity contribution in [3.63, 3.8) is 0 Å². The molecule has 0 fully saturated rings. The van der Waals surface area contributed by atoms with Gasteiger partial charge in [-0.1, -0.05) is 0 Å². The zero-order chi connectivity index (χ0) is 18.1. The number of hydrogen-bond donors (Lipinski definition) is 2. The monoisotopic (exact) mass is 359 g/mol. The third kappa shape index (κ3) is 3.30. The van der Waals surface area contributed by atoms with Crippen molar-refractivity contribution < 1.29 is 9.59 Å². The molecule has 0 saturated heterocycles. The third-order valence-corrected chi connectivity index (χ3v) is 5.28. The Bertz CT molecular complexity index is 950. The summed E-state index contributed by atoms with van der Waals surface area (Å²) in [6, 6.07) is 3.82. The molecule has 0 spiro atoms. The van der Waals surface area contributed by atoms with E-state index in [1.54, 1.807) is 16.0 Å². The molecule has 25 heavy (non-hydrogen) atoms. The van der Waals surface area contributed by atoms with E-state index in [9.17, 15) is 9.59 Å². The Morgan fingerprint density at radius 1 is 1.24 bits per heavy atom. The van der Waals surface area contributed by atoms with Crippen LogP contribution in [0.15, 0.2) is 17.5 Å². The first-order valence-electron chi connectivity index (χ1n) is 7.95. The van der Waals surface area contributed by atoms with Gasteiger partial charge in [-0.3, -0.25) is 14.3 Å². The van der Waals surface area contributed by atoms with Gasteiger partial charge in [-0.2, -0.15) is 5.10 Å². The lowest BCUT2D eigenvalue weighted by atomic mass is 10.2. The highest BCUT2D eigenvalue weighted by molar-refractivity contribution is 7.17. The Kier molecular flexibility index (Phi) is 4.63. The van der Waals surface area contributed by atoms with E-state index >= 15 is 0 Å². The van der Waals surface area contributed by atoms with Crippen molar-refractivity contribution in [1.82, 2.24) is 25.0 Å². The number of fused-ring (bicyclic) bond motifs is 1. The molecule has 2 amide bonds. The van der Waals surface area contributed by atoms with Crippen LogP contribution in [0, 0.1) is 13.8 Å². The van der Waals surface area contributed by atoms with Gasteiger partial charge in [0, 0.05) is 31.9 Å². The minimum atomic E-state index is -0.255. The fourth-order valence-corrected chi connectivity index (χ4v) is 3.69. The van der Waals surface area contributed by atoms with Crippen LogP contribution >= 0.6 is 11.3 Å². The van der Waals surface area contributed by atoms with Crippen molar-refractivity contribution in [3.8, 4) is 0 Å². The van der Waals surface area contributed by atoms with E-state index in [4.69, 9.17) is 0 Å². The largest absolute Gasteiger partial charge is 0.350 e. The molecule has 0 aromatic carbocycles. The van der Waals surface area contributed by atoms with Gasteiger partial charge in [0.2, 0.25) is 5.91 Å². The molecule has 0 atom stereocenters. The zero-order valence-electron chi connectivity index (χ0n) is 14.7. The molecule has 132 valence electrons. The molecule has 0 aliphatic heterocycles. The van der Waals surface area contributed by atoms with E-state index in [0.29, 0.717) is 12.2 Å². The molecule has 3 aromatic rings. The first-order valence-corrected chi connectivity index (χ1v) is 8.83. The summed E-state index contributed by atoms with van der Waals surface area (Å²) < 4.78 is 4.68. The maximum absolute atomic E-state index is 12.3. The van der Waals surface area contributed by atoms with Crippen molar-refractivity contribution in [3.05, 3.63) is 40.2 Å². The van der Waals surface area contributed by atoms with Gasteiger partial charge >= 0.3 is 0 Å². The van der Waals surface area contributed by atoms with E-state index in [0.717, 1.165) is 27.2 Å². The predicted octanol–water partition coefficient (Wildman–Crippen LogP) is 1.64. The molecule has 0 bridgehead atoms. The molecule has 0 unspecified atom stereocenters. The van der Waals surface area contributed by atoms with Crippen LogP contribution in [-0.2, 0) is 25.4 Å². The molecule has 3 rings (SSSR count). The summed E-state index contributed by atoms with van der Waals surface area (Å²) in [6.45, 7) is 4.22. The average Bonchev–Trinajstić information content (AvgIpc) is 3.21. The van der Waals surface area contributed by atoms with Crippen LogP contribution in [0.2, 0.25) is 0 Å². The maximum Gasteiger partial charge on any atom is 0.268 e. The van der Waals surface area contributed by atoms with Crippen molar-refractivity contribution in [1.29, 1.82) is 0 Å². The average molecular weight is 359 g/mol. The van der Waals surface area contributed by atoms with Gasteiger partial charge in [0.1, 0.15) is 5.69 Å². The highest BCUT2D eigenvalue weighted by Crippen LogP contribution is 2.23. The maximum atomic E-state index is 12.3. The van der Waals surface area contributed by atoms with Gasteiger partial charge in [0.25, 0.3) is 5.91 Å². The van der Waals surface area contributed by atoms with E-state index in [1.165, 1.54) is 0 Å². The number of nitrogens with zero attached hydrogens (tertiary/aromatic N) is 3. The first kappa shape index (κ1) is 17.2. The van der Waals surface area contributed by atoms with Gasteiger partial charge in [-0.05, 0) is 31.4 Å². The normalized spacial score (nSPS) is 11.0. The summed E-state index contributed by atoms with van der Waals surface area (Å²) in [5.74, 6) is -0.484. The summed E-state index contributed by atoms with van der Waals surface area (Å²) in [6.07, 6.45) is 0. The Labute approximate surface area is 149 Å². The second-order valence-electron chi connectivity index (χ2n) is 5.99. The molecule has 3 heterocycles. The molecule has 7 nitrogen and oxygen atoms in total. The van der Waals surface area contributed by atoms with Crippen molar-refractivity contribution in [2.75, 3.05) is 6.54 Å². The molecule has 0 radical (unpaired) electrons. The summed E-state index contributed by atoms with van der Waals surface area (Å²) >= 11 is 1.59.